The lowest BCUT2D eigenvalue weighted by Crippen LogP contribution is -2.46. The highest BCUT2D eigenvalue weighted by atomic mass is 35.5. The Morgan fingerprint density at radius 1 is 1.37 bits per heavy atom. The van der Waals surface area contributed by atoms with Gasteiger partial charge >= 0.3 is 0 Å². The summed E-state index contributed by atoms with van der Waals surface area (Å²) in [6, 6.07) is 4.81. The Labute approximate surface area is 165 Å². The Morgan fingerprint density at radius 3 is 2.56 bits per heavy atom. The van der Waals surface area contributed by atoms with Crippen LogP contribution in [-0.4, -0.2) is 68.7 Å². The summed E-state index contributed by atoms with van der Waals surface area (Å²) in [6.45, 7) is 1.69. The Kier molecular flexibility index (Phi) is 8.60. The van der Waals surface area contributed by atoms with Crippen LogP contribution in [0.25, 0.3) is 0 Å². The molecule has 0 saturated carbocycles. The minimum absolute atomic E-state index is 0. The summed E-state index contributed by atoms with van der Waals surface area (Å²) >= 11 is 0. The van der Waals surface area contributed by atoms with Gasteiger partial charge in [-0.25, -0.2) is 8.42 Å². The predicted molar refractivity (Wildman–Crippen MR) is 103 cm³/mol. The van der Waals surface area contributed by atoms with Crippen molar-refractivity contribution in [3.05, 3.63) is 34.4 Å². The minimum Gasteiger partial charge on any atom is -0.344 e. The first kappa shape index (κ1) is 23.3. The summed E-state index contributed by atoms with van der Waals surface area (Å²) in [6.07, 6.45) is 1.25. The topological polar surface area (TPSA) is 113 Å². The van der Waals surface area contributed by atoms with Crippen LogP contribution in [-0.2, 0) is 14.8 Å². The van der Waals surface area contributed by atoms with Crippen LogP contribution in [0.15, 0.2) is 29.2 Å². The minimum atomic E-state index is -3.79. The zero-order valence-corrected chi connectivity index (χ0v) is 17.0. The van der Waals surface area contributed by atoms with E-state index in [4.69, 9.17) is 0 Å². The first-order valence-electron chi connectivity index (χ1n) is 8.41. The summed E-state index contributed by atoms with van der Waals surface area (Å²) in [4.78, 5) is 24.3. The van der Waals surface area contributed by atoms with Crippen LogP contribution < -0.4 is 5.32 Å². The van der Waals surface area contributed by atoms with Crippen LogP contribution in [0.5, 0.6) is 0 Å². The van der Waals surface area contributed by atoms with Crippen LogP contribution in [0.3, 0.4) is 0 Å². The molecule has 1 heterocycles. The summed E-state index contributed by atoms with van der Waals surface area (Å²) in [5.74, 6) is -0.442. The molecule has 0 spiro atoms. The number of nitrogens with zero attached hydrogens (tertiary/aromatic N) is 3. The smallest absolute Gasteiger partial charge is 0.269 e. The first-order chi connectivity index (χ1) is 12.3. The molecule has 1 fully saturated rings. The van der Waals surface area contributed by atoms with Gasteiger partial charge in [-0.1, -0.05) is 0 Å². The van der Waals surface area contributed by atoms with Gasteiger partial charge in [0.1, 0.15) is 0 Å². The third kappa shape index (κ3) is 5.61. The molecule has 0 bridgehead atoms. The number of halogens is 1. The summed E-state index contributed by atoms with van der Waals surface area (Å²) < 4.78 is 26.9. The molecule has 1 aromatic rings. The molecule has 1 N–H and O–H groups in total. The number of piperidine rings is 1. The SMILES string of the molecule is CNCCN(C)C(=O)C1CCCN(S(=O)(=O)c2ccc([N+](=O)[O-])cc2)C1.Cl. The first-order valence-corrected chi connectivity index (χ1v) is 9.85. The number of carbonyl (C=O) groups is 1. The molecular weight excluding hydrogens is 396 g/mol. The van der Waals surface area contributed by atoms with Gasteiger partial charge in [0.25, 0.3) is 5.69 Å². The molecule has 1 aromatic carbocycles. The predicted octanol–water partition coefficient (Wildman–Crippen LogP) is 1.10. The number of nitro groups is 1. The molecule has 0 aromatic heterocycles. The number of hydrogen-bond acceptors (Lipinski definition) is 6. The Hall–Kier alpha value is -1.75. The Bertz CT molecular complexity index is 757. The van der Waals surface area contributed by atoms with E-state index in [0.717, 1.165) is 0 Å². The molecule has 1 saturated heterocycles. The van der Waals surface area contributed by atoms with E-state index in [1.54, 1.807) is 19.0 Å². The maximum absolute atomic E-state index is 12.8. The van der Waals surface area contributed by atoms with Crippen molar-refractivity contribution in [1.29, 1.82) is 0 Å². The van der Waals surface area contributed by atoms with Gasteiger partial charge < -0.3 is 10.2 Å². The summed E-state index contributed by atoms with van der Waals surface area (Å²) in [5.41, 5.74) is -0.165. The van der Waals surface area contributed by atoms with Crippen molar-refractivity contribution in [2.75, 3.05) is 40.3 Å². The van der Waals surface area contributed by atoms with E-state index in [1.165, 1.54) is 28.6 Å². The van der Waals surface area contributed by atoms with Crippen molar-refractivity contribution in [1.82, 2.24) is 14.5 Å². The molecule has 27 heavy (non-hydrogen) atoms. The Morgan fingerprint density at radius 2 is 2.00 bits per heavy atom. The fourth-order valence-electron chi connectivity index (χ4n) is 2.95. The number of sulfonamides is 1. The maximum Gasteiger partial charge on any atom is 0.269 e. The molecule has 1 amide bonds. The zero-order valence-electron chi connectivity index (χ0n) is 15.3. The number of rotatable bonds is 7. The van der Waals surface area contributed by atoms with E-state index >= 15 is 0 Å². The standard InChI is InChI=1S/C16H24N4O5S.ClH/c1-17-9-11-18(2)16(21)13-4-3-10-19(12-13)26(24,25)15-7-5-14(6-8-15)20(22)23;/h5-8,13,17H,3-4,9-12H2,1-2H3;1H. The van der Waals surface area contributed by atoms with Crippen LogP contribution >= 0.6 is 12.4 Å². The zero-order chi connectivity index (χ0) is 19.3. The summed E-state index contributed by atoms with van der Waals surface area (Å²) in [7, 11) is -0.271. The van der Waals surface area contributed by atoms with Crippen LogP contribution in [0.1, 0.15) is 12.8 Å². The van der Waals surface area contributed by atoms with Crippen molar-refractivity contribution in [2.24, 2.45) is 5.92 Å². The highest BCUT2D eigenvalue weighted by Gasteiger charge is 2.34. The van der Waals surface area contributed by atoms with Gasteiger partial charge in [-0.05, 0) is 32.0 Å². The van der Waals surface area contributed by atoms with E-state index in [-0.39, 0.29) is 41.4 Å². The largest absolute Gasteiger partial charge is 0.344 e. The van der Waals surface area contributed by atoms with Crippen molar-refractivity contribution in [2.45, 2.75) is 17.7 Å². The highest BCUT2D eigenvalue weighted by Crippen LogP contribution is 2.26. The molecule has 2 rings (SSSR count). The maximum atomic E-state index is 12.8. The lowest BCUT2D eigenvalue weighted by atomic mass is 9.98. The van der Waals surface area contributed by atoms with Gasteiger partial charge in [-0.2, -0.15) is 4.31 Å². The lowest BCUT2D eigenvalue weighted by Gasteiger charge is -2.33. The number of benzene rings is 1. The molecule has 1 aliphatic heterocycles. The normalized spacial score (nSPS) is 17.8. The second-order valence-electron chi connectivity index (χ2n) is 6.32. The highest BCUT2D eigenvalue weighted by molar-refractivity contribution is 7.89. The van der Waals surface area contributed by atoms with Crippen molar-refractivity contribution >= 4 is 34.0 Å². The van der Waals surface area contributed by atoms with Gasteiger partial charge in [-0.15, -0.1) is 12.4 Å². The van der Waals surface area contributed by atoms with E-state index in [0.29, 0.717) is 32.5 Å². The second-order valence-corrected chi connectivity index (χ2v) is 8.25. The average Bonchev–Trinajstić information content (AvgIpc) is 2.65. The van der Waals surface area contributed by atoms with E-state index in [1.807, 2.05) is 0 Å². The van der Waals surface area contributed by atoms with Gasteiger partial charge in [0, 0.05) is 45.4 Å². The van der Waals surface area contributed by atoms with Crippen LogP contribution in [0.2, 0.25) is 0 Å². The number of nitrogens with one attached hydrogen (secondary N) is 1. The number of likely N-dealkylation sites (N-methyl/N-ethyl adjacent to an activating group) is 2. The third-order valence-electron chi connectivity index (χ3n) is 4.49. The molecule has 1 atom stereocenters. The summed E-state index contributed by atoms with van der Waals surface area (Å²) in [5, 5.41) is 13.7. The van der Waals surface area contributed by atoms with Crippen LogP contribution in [0, 0.1) is 16.0 Å². The molecule has 1 unspecified atom stereocenters. The van der Waals surface area contributed by atoms with E-state index < -0.39 is 14.9 Å². The number of non-ortho nitro benzene ring substituents is 1. The number of hydrogen-bond donors (Lipinski definition) is 1. The van der Waals surface area contributed by atoms with Gasteiger partial charge in [-0.3, -0.25) is 14.9 Å². The molecule has 1 aliphatic rings. The lowest BCUT2D eigenvalue weighted by molar-refractivity contribution is -0.384. The van der Waals surface area contributed by atoms with Gasteiger partial charge in [0.2, 0.25) is 15.9 Å². The van der Waals surface area contributed by atoms with Gasteiger partial charge in [0.15, 0.2) is 0 Å². The molecule has 11 heteroatoms. The number of nitro benzene ring substituents is 1. The average molecular weight is 421 g/mol. The fraction of sp³-hybridized carbons (Fsp3) is 0.562. The van der Waals surface area contributed by atoms with E-state index in [2.05, 4.69) is 5.32 Å². The van der Waals surface area contributed by atoms with Crippen LogP contribution in [0.4, 0.5) is 5.69 Å². The monoisotopic (exact) mass is 420 g/mol. The number of carbonyl (C=O) groups excluding carboxylic acids is 1. The quantitative estimate of drug-likeness (QED) is 0.522. The molecule has 9 nitrogen and oxygen atoms in total. The van der Waals surface area contributed by atoms with Crippen molar-refractivity contribution in [3.8, 4) is 0 Å². The fourth-order valence-corrected chi connectivity index (χ4v) is 4.48. The van der Waals surface area contributed by atoms with E-state index in [9.17, 15) is 23.3 Å². The molecule has 152 valence electrons. The van der Waals surface area contributed by atoms with Crippen molar-refractivity contribution in [3.63, 3.8) is 0 Å². The van der Waals surface area contributed by atoms with Gasteiger partial charge in [0.05, 0.1) is 15.7 Å². The third-order valence-corrected chi connectivity index (χ3v) is 6.37. The van der Waals surface area contributed by atoms with Crippen molar-refractivity contribution < 1.29 is 18.1 Å². The Balaban J connectivity index is 0.00000364. The second kappa shape index (κ2) is 9.98. The molecular formula is C16H25ClN4O5S. The molecule has 0 radical (unpaired) electrons. The number of amides is 1. The molecule has 0 aliphatic carbocycles.